The molecule has 4 rings (SSSR count). The van der Waals surface area contributed by atoms with Crippen LogP contribution in [0.5, 0.6) is 5.75 Å². The number of carbonyl (C=O) groups excluding carboxylic acids is 3. The fourth-order valence-electron chi connectivity index (χ4n) is 3.92. The highest BCUT2D eigenvalue weighted by Gasteiger charge is 2.36. The molecule has 4 aromatic rings. The molecule has 11 nitrogen and oxygen atoms in total. The smallest absolute Gasteiger partial charge is 0.273 e. The lowest BCUT2D eigenvalue weighted by Gasteiger charge is -2.31. The second-order valence-corrected chi connectivity index (χ2v) is 8.93. The first-order chi connectivity index (χ1) is 18.3. The second kappa shape index (κ2) is 11.7. The second-order valence-electron chi connectivity index (χ2n) is 8.15. The van der Waals surface area contributed by atoms with Gasteiger partial charge in [-0.15, -0.1) is 0 Å². The predicted octanol–water partition coefficient (Wildman–Crippen LogP) is 2.53. The molecule has 0 fully saturated rings. The van der Waals surface area contributed by atoms with Crippen LogP contribution in [0.3, 0.4) is 0 Å². The van der Waals surface area contributed by atoms with Gasteiger partial charge in [0.25, 0.3) is 11.8 Å². The van der Waals surface area contributed by atoms with Crippen molar-refractivity contribution in [1.29, 1.82) is 0 Å². The zero-order chi connectivity index (χ0) is 27.2. The SMILES string of the molecule is COCCNC(=O)C(c1ccc2ncccc2c1)N(C(=O)c1snc(C(N)=O)c1N)c1ccc(OC)cc1. The minimum atomic E-state index is -1.13. The maximum atomic E-state index is 14.1. The van der Waals surface area contributed by atoms with Crippen LogP contribution in [0, 0.1) is 0 Å². The third-order valence-corrected chi connectivity index (χ3v) is 6.63. The molecule has 0 bridgehead atoms. The first-order valence-corrected chi connectivity index (χ1v) is 12.3. The van der Waals surface area contributed by atoms with E-state index >= 15 is 0 Å². The number of nitrogen functional groups attached to an aromatic ring is 1. The first-order valence-electron chi connectivity index (χ1n) is 11.5. The van der Waals surface area contributed by atoms with E-state index in [1.165, 1.54) is 19.1 Å². The van der Waals surface area contributed by atoms with Crippen LogP contribution >= 0.6 is 11.5 Å². The van der Waals surface area contributed by atoms with Crippen LogP contribution in [-0.2, 0) is 9.53 Å². The average Bonchev–Trinajstić information content (AvgIpc) is 3.32. The lowest BCUT2D eigenvalue weighted by atomic mass is 10.00. The number of anilines is 2. The largest absolute Gasteiger partial charge is 0.497 e. The van der Waals surface area contributed by atoms with Crippen molar-refractivity contribution < 1.29 is 23.9 Å². The van der Waals surface area contributed by atoms with Crippen molar-refractivity contribution in [1.82, 2.24) is 14.7 Å². The summed E-state index contributed by atoms with van der Waals surface area (Å²) in [6, 6.07) is 14.5. The van der Waals surface area contributed by atoms with Gasteiger partial charge in [0.05, 0.1) is 24.9 Å². The summed E-state index contributed by atoms with van der Waals surface area (Å²) in [6.07, 6.45) is 1.67. The van der Waals surface area contributed by atoms with E-state index in [2.05, 4.69) is 14.7 Å². The van der Waals surface area contributed by atoms with E-state index in [1.54, 1.807) is 54.7 Å². The van der Waals surface area contributed by atoms with Gasteiger partial charge < -0.3 is 26.3 Å². The number of methoxy groups -OCH3 is 2. The summed E-state index contributed by atoms with van der Waals surface area (Å²) in [7, 11) is 3.05. The normalized spacial score (nSPS) is 11.6. The number of aromatic nitrogens is 2. The number of ether oxygens (including phenoxy) is 2. The predicted molar refractivity (Wildman–Crippen MR) is 144 cm³/mol. The zero-order valence-electron chi connectivity index (χ0n) is 20.7. The zero-order valence-corrected chi connectivity index (χ0v) is 21.5. The molecule has 1 atom stereocenters. The molecule has 0 aliphatic carbocycles. The highest BCUT2D eigenvalue weighted by Crippen LogP contribution is 2.34. The summed E-state index contributed by atoms with van der Waals surface area (Å²) in [6.45, 7) is 0.500. The molecule has 3 amide bonds. The highest BCUT2D eigenvalue weighted by atomic mass is 32.1. The number of nitrogens with zero attached hydrogens (tertiary/aromatic N) is 3. The molecule has 38 heavy (non-hydrogen) atoms. The topological polar surface area (TPSA) is 163 Å². The van der Waals surface area contributed by atoms with Crippen molar-refractivity contribution in [2.75, 3.05) is 38.0 Å². The summed E-state index contributed by atoms with van der Waals surface area (Å²) in [5.74, 6) is -1.37. The average molecular weight is 535 g/mol. The molecule has 1 unspecified atom stereocenters. The Morgan fingerprint density at radius 2 is 1.87 bits per heavy atom. The fourth-order valence-corrected chi connectivity index (χ4v) is 4.66. The van der Waals surface area contributed by atoms with E-state index in [-0.39, 0.29) is 29.4 Å². The number of nitrogens with one attached hydrogen (secondary N) is 1. The van der Waals surface area contributed by atoms with E-state index in [0.29, 0.717) is 17.0 Å². The number of carbonyl (C=O) groups is 3. The van der Waals surface area contributed by atoms with Crippen LogP contribution in [0.1, 0.15) is 31.8 Å². The van der Waals surface area contributed by atoms with Gasteiger partial charge in [0.1, 0.15) is 16.7 Å². The molecule has 5 N–H and O–H groups in total. The third-order valence-electron chi connectivity index (χ3n) is 5.78. The van der Waals surface area contributed by atoms with Crippen LogP contribution in [0.2, 0.25) is 0 Å². The number of hydrogen-bond acceptors (Lipinski definition) is 9. The van der Waals surface area contributed by atoms with E-state index in [1.807, 2.05) is 6.07 Å². The molecule has 0 radical (unpaired) electrons. The molecule has 0 saturated heterocycles. The van der Waals surface area contributed by atoms with Crippen molar-refractivity contribution in [3.63, 3.8) is 0 Å². The van der Waals surface area contributed by atoms with Gasteiger partial charge in [0.15, 0.2) is 5.69 Å². The Balaban J connectivity index is 1.89. The molecule has 2 heterocycles. The Hall–Kier alpha value is -4.55. The van der Waals surface area contributed by atoms with Gasteiger partial charge >= 0.3 is 0 Å². The molecule has 0 saturated carbocycles. The van der Waals surface area contributed by atoms with E-state index in [4.69, 9.17) is 20.9 Å². The maximum Gasteiger partial charge on any atom is 0.273 e. The molecule has 2 aromatic heterocycles. The van der Waals surface area contributed by atoms with Gasteiger partial charge in [-0.1, -0.05) is 12.1 Å². The van der Waals surface area contributed by atoms with Gasteiger partial charge in [-0.25, -0.2) is 0 Å². The monoisotopic (exact) mass is 534 g/mol. The molecular formula is C26H26N6O5S. The molecule has 12 heteroatoms. The minimum absolute atomic E-state index is 0.0215. The summed E-state index contributed by atoms with van der Waals surface area (Å²) < 4.78 is 14.3. The van der Waals surface area contributed by atoms with Gasteiger partial charge in [0.2, 0.25) is 5.91 Å². The van der Waals surface area contributed by atoms with E-state index in [0.717, 1.165) is 22.4 Å². The number of benzene rings is 2. The maximum absolute atomic E-state index is 14.1. The Labute approximate surface area is 222 Å². The Morgan fingerprint density at radius 3 is 2.53 bits per heavy atom. The third kappa shape index (κ3) is 5.41. The van der Waals surface area contributed by atoms with Crippen LogP contribution in [0.4, 0.5) is 11.4 Å². The Kier molecular flexibility index (Phi) is 8.14. The molecule has 0 spiro atoms. The standard InChI is InChI=1S/C26H26N6O5S/c1-36-13-12-30-25(34)22(16-5-10-19-15(14-16)4-3-11-29-19)32(17-6-8-18(37-2)9-7-17)26(35)23-20(27)21(24(28)33)31-38-23/h3-11,14,22H,12-13,27H2,1-2H3,(H2,28,33)(H,30,34). The summed E-state index contributed by atoms with van der Waals surface area (Å²) in [4.78, 5) is 45.2. The van der Waals surface area contributed by atoms with E-state index in [9.17, 15) is 14.4 Å². The Bertz CT molecular complexity index is 1470. The van der Waals surface area contributed by atoms with Crippen LogP contribution < -0.4 is 26.4 Å². The molecule has 2 aromatic carbocycles. The van der Waals surface area contributed by atoms with E-state index < -0.39 is 23.8 Å². The number of fused-ring (bicyclic) bond motifs is 1. The number of amides is 3. The lowest BCUT2D eigenvalue weighted by Crippen LogP contribution is -2.44. The van der Waals surface area contributed by atoms with Crippen molar-refractivity contribution in [3.05, 3.63) is 76.9 Å². The number of primary amides is 1. The fraction of sp³-hybridized carbons (Fsp3) is 0.192. The van der Waals surface area contributed by atoms with Gasteiger partial charge in [-0.3, -0.25) is 24.3 Å². The number of nitrogens with two attached hydrogens (primary N) is 2. The van der Waals surface area contributed by atoms with Crippen LogP contribution in [0.15, 0.2) is 60.8 Å². The molecule has 196 valence electrons. The van der Waals surface area contributed by atoms with Gasteiger partial charge in [-0.05, 0) is 59.6 Å². The van der Waals surface area contributed by atoms with Crippen molar-refractivity contribution in [2.45, 2.75) is 6.04 Å². The summed E-state index contributed by atoms with van der Waals surface area (Å²) >= 11 is 0.738. The number of pyridine rings is 1. The number of hydrogen-bond donors (Lipinski definition) is 3. The van der Waals surface area contributed by atoms with Crippen molar-refractivity contribution in [3.8, 4) is 5.75 Å². The molecule has 0 aliphatic rings. The minimum Gasteiger partial charge on any atom is -0.497 e. The summed E-state index contributed by atoms with van der Waals surface area (Å²) in [5.41, 5.74) is 12.8. The number of rotatable bonds is 10. The molecular weight excluding hydrogens is 508 g/mol. The quantitative estimate of drug-likeness (QED) is 0.261. The van der Waals surface area contributed by atoms with Gasteiger partial charge in [-0.2, -0.15) is 4.37 Å². The van der Waals surface area contributed by atoms with Crippen LogP contribution in [0.25, 0.3) is 10.9 Å². The summed E-state index contributed by atoms with van der Waals surface area (Å²) in [5, 5.41) is 3.62. The van der Waals surface area contributed by atoms with Gasteiger partial charge in [0, 0.05) is 30.9 Å². The molecule has 0 aliphatic heterocycles. The highest BCUT2D eigenvalue weighted by molar-refractivity contribution is 7.09. The van der Waals surface area contributed by atoms with Crippen LogP contribution in [-0.4, -0.2) is 54.5 Å². The van der Waals surface area contributed by atoms with Crippen molar-refractivity contribution in [2.24, 2.45) is 5.73 Å². The lowest BCUT2D eigenvalue weighted by molar-refractivity contribution is -0.122. The van der Waals surface area contributed by atoms with Crippen molar-refractivity contribution >= 4 is 51.5 Å². The first kappa shape index (κ1) is 26.5. The Morgan fingerprint density at radius 1 is 1.11 bits per heavy atom.